The number of halogens is 1. The zero-order valence-electron chi connectivity index (χ0n) is 15.4. The lowest BCUT2D eigenvalue weighted by atomic mass is 9.85. The van der Waals surface area contributed by atoms with Crippen LogP contribution in [0.3, 0.4) is 0 Å². The molecule has 28 heavy (non-hydrogen) atoms. The summed E-state index contributed by atoms with van der Waals surface area (Å²) < 4.78 is 11.1. The molecule has 146 valence electrons. The van der Waals surface area contributed by atoms with E-state index in [4.69, 9.17) is 4.74 Å². The number of hydrogen-bond acceptors (Lipinski definition) is 6. The maximum Gasteiger partial charge on any atom is 0.346 e. The first-order valence-electron chi connectivity index (χ1n) is 9.05. The minimum atomic E-state index is -0.811. The van der Waals surface area contributed by atoms with Gasteiger partial charge in [0.05, 0.1) is 25.2 Å². The van der Waals surface area contributed by atoms with E-state index in [9.17, 15) is 14.4 Å². The fourth-order valence-corrected chi connectivity index (χ4v) is 4.63. The van der Waals surface area contributed by atoms with Gasteiger partial charge >= 0.3 is 5.97 Å². The van der Waals surface area contributed by atoms with E-state index >= 15 is 0 Å². The van der Waals surface area contributed by atoms with E-state index in [2.05, 4.69) is 25.8 Å². The number of fused-ring (bicyclic) bond motifs is 5. The Balaban J connectivity index is 1.57. The quantitative estimate of drug-likeness (QED) is 0.300. The minimum absolute atomic E-state index is 0.136. The molecule has 2 fully saturated rings. The van der Waals surface area contributed by atoms with Crippen LogP contribution in [0.25, 0.3) is 0 Å². The number of carbonyl (C=O) groups excluding carboxylic acids is 3. The van der Waals surface area contributed by atoms with Crippen LogP contribution in [0.15, 0.2) is 39.9 Å². The average Bonchev–Trinajstić information content (AvgIpc) is 3.36. The topological polar surface area (TPSA) is 85.3 Å². The van der Waals surface area contributed by atoms with E-state index in [0.717, 1.165) is 15.9 Å². The van der Waals surface area contributed by atoms with Gasteiger partial charge in [-0.1, -0.05) is 28.1 Å². The molecule has 0 radical (unpaired) electrons. The summed E-state index contributed by atoms with van der Waals surface area (Å²) in [4.78, 5) is 37.1. The van der Waals surface area contributed by atoms with Crippen molar-refractivity contribution < 1.29 is 23.9 Å². The molecule has 1 aliphatic heterocycles. The van der Waals surface area contributed by atoms with Gasteiger partial charge in [0.1, 0.15) is 5.75 Å². The van der Waals surface area contributed by atoms with Crippen molar-refractivity contribution in [2.45, 2.75) is 19.4 Å². The molecule has 2 amide bonds. The van der Waals surface area contributed by atoms with Crippen LogP contribution in [-0.2, 0) is 19.1 Å². The highest BCUT2D eigenvalue weighted by Crippen LogP contribution is 2.52. The van der Waals surface area contributed by atoms with Crippen LogP contribution in [0.4, 0.5) is 0 Å². The van der Waals surface area contributed by atoms with Crippen LogP contribution < -0.4 is 4.74 Å². The number of nitrogens with zero attached hydrogens (tertiary/aromatic N) is 2. The fourth-order valence-electron chi connectivity index (χ4n) is 4.25. The number of imide groups is 1. The molecule has 1 aromatic rings. The minimum Gasteiger partial charge on any atom is -0.478 e. The first kappa shape index (κ1) is 18.9. The Hall–Kier alpha value is -2.48. The number of ether oxygens (including phenoxy) is 2. The number of benzene rings is 1. The number of carbonyl (C=O) groups is 3. The zero-order chi connectivity index (χ0) is 20.0. The molecule has 5 atom stereocenters. The summed E-state index contributed by atoms with van der Waals surface area (Å²) >= 11 is 3.38. The fraction of sp³-hybridized carbons (Fsp3) is 0.400. The maximum absolute atomic E-state index is 12.7. The predicted octanol–water partition coefficient (Wildman–Crippen LogP) is 2.53. The SMILES string of the molecule is COC(=O)C(C)Oc1ccc(Br)cc1C=NN1C(=O)C2C3C=CC(C3)C2C1=O. The lowest BCUT2D eigenvalue weighted by Crippen LogP contribution is -2.28. The number of esters is 1. The highest BCUT2D eigenvalue weighted by molar-refractivity contribution is 9.10. The van der Waals surface area contributed by atoms with Crippen LogP contribution in [0.2, 0.25) is 0 Å². The molecular weight excluding hydrogens is 428 g/mol. The van der Waals surface area contributed by atoms with Gasteiger partial charge in [0, 0.05) is 10.0 Å². The molecule has 8 heteroatoms. The lowest BCUT2D eigenvalue weighted by molar-refractivity contribution is -0.148. The lowest BCUT2D eigenvalue weighted by Gasteiger charge is -2.15. The Bertz CT molecular complexity index is 882. The summed E-state index contributed by atoms with van der Waals surface area (Å²) in [7, 11) is 1.29. The van der Waals surface area contributed by atoms with E-state index in [1.54, 1.807) is 25.1 Å². The molecule has 4 rings (SSSR count). The smallest absolute Gasteiger partial charge is 0.346 e. The standard InChI is InChI=1S/C20H19BrN2O5/c1-10(20(26)27-2)28-15-6-5-14(21)8-13(15)9-22-23-18(24)16-11-3-4-12(7-11)17(16)19(23)25/h3-6,8-12,16-17H,7H2,1-2H3. The number of amides is 2. The molecule has 3 aliphatic rings. The number of allylic oxidation sites excluding steroid dienone is 2. The third-order valence-electron chi connectivity index (χ3n) is 5.57. The van der Waals surface area contributed by atoms with Crippen LogP contribution in [0, 0.1) is 23.7 Å². The number of methoxy groups -OCH3 is 1. The number of hydrogen-bond donors (Lipinski definition) is 0. The van der Waals surface area contributed by atoms with Crippen molar-refractivity contribution in [3.63, 3.8) is 0 Å². The van der Waals surface area contributed by atoms with Crippen molar-refractivity contribution in [3.05, 3.63) is 40.4 Å². The summed E-state index contributed by atoms with van der Waals surface area (Å²) in [6.45, 7) is 1.58. The van der Waals surface area contributed by atoms with Crippen molar-refractivity contribution in [2.75, 3.05) is 7.11 Å². The molecule has 1 saturated heterocycles. The molecule has 2 aliphatic carbocycles. The monoisotopic (exact) mass is 446 g/mol. The van der Waals surface area contributed by atoms with E-state index < -0.39 is 12.1 Å². The van der Waals surface area contributed by atoms with Gasteiger partial charge in [0.25, 0.3) is 11.8 Å². The average molecular weight is 447 g/mol. The van der Waals surface area contributed by atoms with E-state index in [0.29, 0.717) is 11.3 Å². The highest BCUT2D eigenvalue weighted by Gasteiger charge is 2.59. The van der Waals surface area contributed by atoms with Gasteiger partial charge in [-0.15, -0.1) is 0 Å². The van der Waals surface area contributed by atoms with Crippen LogP contribution in [0.1, 0.15) is 18.9 Å². The highest BCUT2D eigenvalue weighted by atomic mass is 79.9. The molecule has 0 aromatic heterocycles. The molecular formula is C20H19BrN2O5. The second-order valence-electron chi connectivity index (χ2n) is 7.20. The van der Waals surface area contributed by atoms with Gasteiger partial charge in [-0.3, -0.25) is 9.59 Å². The van der Waals surface area contributed by atoms with E-state index in [1.165, 1.54) is 13.3 Å². The molecule has 0 N–H and O–H groups in total. The Morgan fingerprint density at radius 1 is 1.25 bits per heavy atom. The van der Waals surface area contributed by atoms with Gasteiger partial charge in [-0.05, 0) is 43.4 Å². The summed E-state index contributed by atoms with van der Waals surface area (Å²) in [5.41, 5.74) is 0.531. The summed E-state index contributed by atoms with van der Waals surface area (Å²) in [5, 5.41) is 5.16. The first-order valence-corrected chi connectivity index (χ1v) is 9.84. The van der Waals surface area contributed by atoms with Crippen LogP contribution >= 0.6 is 15.9 Å². The van der Waals surface area contributed by atoms with Crippen LogP contribution in [-0.4, -0.2) is 42.2 Å². The zero-order valence-corrected chi connectivity index (χ0v) is 17.0. The normalized spacial score (nSPS) is 28.9. The molecule has 1 heterocycles. The van der Waals surface area contributed by atoms with Crippen molar-refractivity contribution in [3.8, 4) is 5.75 Å². The van der Waals surface area contributed by atoms with Gasteiger partial charge in [-0.2, -0.15) is 10.1 Å². The molecule has 1 saturated carbocycles. The maximum atomic E-state index is 12.7. The van der Waals surface area contributed by atoms with Gasteiger partial charge in [0.2, 0.25) is 0 Å². The summed E-state index contributed by atoms with van der Waals surface area (Å²) in [6.07, 6.45) is 5.56. The Kier molecular flexibility index (Phi) is 4.82. The Morgan fingerprint density at radius 3 is 2.50 bits per heavy atom. The second-order valence-corrected chi connectivity index (χ2v) is 8.11. The summed E-state index contributed by atoms with van der Waals surface area (Å²) in [6, 6.07) is 5.17. The van der Waals surface area contributed by atoms with Gasteiger partial charge in [0.15, 0.2) is 6.10 Å². The van der Waals surface area contributed by atoms with Gasteiger partial charge in [-0.25, -0.2) is 4.79 Å². The number of hydrazone groups is 1. The van der Waals surface area contributed by atoms with E-state index in [1.807, 2.05) is 12.2 Å². The Morgan fingerprint density at radius 2 is 1.89 bits per heavy atom. The third-order valence-corrected chi connectivity index (χ3v) is 6.06. The number of rotatable bonds is 5. The van der Waals surface area contributed by atoms with E-state index in [-0.39, 0.29) is 35.5 Å². The third kappa shape index (κ3) is 3.05. The summed E-state index contributed by atoms with van der Waals surface area (Å²) in [5.74, 6) is -0.923. The predicted molar refractivity (Wildman–Crippen MR) is 103 cm³/mol. The van der Waals surface area contributed by atoms with Crippen molar-refractivity contribution >= 4 is 39.9 Å². The second kappa shape index (κ2) is 7.16. The Labute approximate surface area is 170 Å². The van der Waals surface area contributed by atoms with Crippen molar-refractivity contribution in [1.82, 2.24) is 5.01 Å². The molecule has 0 spiro atoms. The van der Waals surface area contributed by atoms with Gasteiger partial charge < -0.3 is 9.47 Å². The largest absolute Gasteiger partial charge is 0.478 e. The molecule has 7 nitrogen and oxygen atoms in total. The van der Waals surface area contributed by atoms with Crippen molar-refractivity contribution in [2.24, 2.45) is 28.8 Å². The molecule has 2 bridgehead atoms. The molecule has 5 unspecified atom stereocenters. The first-order chi connectivity index (χ1) is 13.4. The van der Waals surface area contributed by atoms with Crippen molar-refractivity contribution in [1.29, 1.82) is 0 Å². The van der Waals surface area contributed by atoms with Crippen LogP contribution in [0.5, 0.6) is 5.75 Å². The molecule has 1 aromatic carbocycles.